The van der Waals surface area contributed by atoms with E-state index in [1.54, 1.807) is 0 Å². The van der Waals surface area contributed by atoms with Crippen molar-refractivity contribution in [3.05, 3.63) is 22.6 Å². The van der Waals surface area contributed by atoms with E-state index in [1.807, 2.05) is 0 Å². The maximum absolute atomic E-state index is 12.8. The highest BCUT2D eigenvalue weighted by Crippen LogP contribution is 2.29. The van der Waals surface area contributed by atoms with Crippen molar-refractivity contribution in [1.29, 1.82) is 0 Å². The van der Waals surface area contributed by atoms with Gasteiger partial charge in [-0.3, -0.25) is 0 Å². The molecule has 0 unspecified atom stereocenters. The van der Waals surface area contributed by atoms with Gasteiger partial charge in [0.1, 0.15) is 11.9 Å². The molecule has 1 heterocycles. The van der Waals surface area contributed by atoms with E-state index in [1.165, 1.54) is 6.07 Å². The van der Waals surface area contributed by atoms with E-state index < -0.39 is 11.9 Å². The van der Waals surface area contributed by atoms with E-state index in [4.69, 9.17) is 9.84 Å². The molecule has 0 spiro atoms. The van der Waals surface area contributed by atoms with E-state index in [2.05, 4.69) is 26.2 Å². The molecule has 2 N–H and O–H groups in total. The van der Waals surface area contributed by atoms with Gasteiger partial charge in [0.15, 0.2) is 0 Å². The second-order valence-electron chi connectivity index (χ2n) is 3.80. The first kappa shape index (κ1) is 12.1. The Labute approximate surface area is 105 Å². The number of aromatic nitrogens is 1. The number of hydrogen-bond acceptors (Lipinski definition) is 3. The van der Waals surface area contributed by atoms with Gasteiger partial charge in [-0.2, -0.15) is 0 Å². The lowest BCUT2D eigenvalue weighted by Crippen LogP contribution is -2.48. The summed E-state index contributed by atoms with van der Waals surface area (Å²) in [5, 5.41) is 10.8. The lowest BCUT2D eigenvalue weighted by Gasteiger charge is -2.34. The van der Waals surface area contributed by atoms with Crippen LogP contribution in [-0.4, -0.2) is 28.3 Å². The fourth-order valence-corrected chi connectivity index (χ4v) is 2.02. The average molecular weight is 305 g/mol. The molecule has 7 heteroatoms. The summed E-state index contributed by atoms with van der Waals surface area (Å²) in [6.07, 6.45) is 1.15. The fraction of sp³-hybridized carbons (Fsp3) is 0.400. The standard InChI is InChI=1S/C10H10BrFN2O3/c11-8-1-5(12)4-13-9(8)17-7-2-6(3-7)14-10(15)16/h1,4,6-7,14H,2-3H2,(H,15,16). The van der Waals surface area contributed by atoms with Crippen LogP contribution >= 0.6 is 15.9 Å². The molecule has 17 heavy (non-hydrogen) atoms. The van der Waals surface area contributed by atoms with Crippen LogP contribution in [0.5, 0.6) is 5.88 Å². The Morgan fingerprint density at radius 2 is 2.35 bits per heavy atom. The zero-order chi connectivity index (χ0) is 12.4. The van der Waals surface area contributed by atoms with Gasteiger partial charge >= 0.3 is 6.09 Å². The molecule has 1 aromatic rings. The Kier molecular flexibility index (Phi) is 3.46. The van der Waals surface area contributed by atoms with E-state index >= 15 is 0 Å². The maximum atomic E-state index is 12.8. The highest BCUT2D eigenvalue weighted by atomic mass is 79.9. The summed E-state index contributed by atoms with van der Waals surface area (Å²) in [6.45, 7) is 0. The monoisotopic (exact) mass is 304 g/mol. The number of hydrogen-bond donors (Lipinski definition) is 2. The lowest BCUT2D eigenvalue weighted by atomic mass is 9.89. The molecule has 0 bridgehead atoms. The summed E-state index contributed by atoms with van der Waals surface area (Å²) >= 11 is 3.15. The first-order valence-electron chi connectivity index (χ1n) is 5.02. The smallest absolute Gasteiger partial charge is 0.404 e. The predicted molar refractivity (Wildman–Crippen MR) is 60.5 cm³/mol. The van der Waals surface area contributed by atoms with Gasteiger partial charge in [-0.15, -0.1) is 0 Å². The third-order valence-corrected chi connectivity index (χ3v) is 3.04. The van der Waals surface area contributed by atoms with Crippen molar-refractivity contribution in [2.75, 3.05) is 0 Å². The Morgan fingerprint density at radius 3 is 2.94 bits per heavy atom. The molecular weight excluding hydrogens is 295 g/mol. The zero-order valence-corrected chi connectivity index (χ0v) is 10.3. The highest BCUT2D eigenvalue weighted by molar-refractivity contribution is 9.10. The predicted octanol–water partition coefficient (Wildman–Crippen LogP) is 2.16. The van der Waals surface area contributed by atoms with E-state index in [-0.39, 0.29) is 12.1 Å². The minimum atomic E-state index is -1.03. The zero-order valence-electron chi connectivity index (χ0n) is 8.69. The van der Waals surface area contributed by atoms with Gasteiger partial charge in [-0.05, 0) is 22.0 Å². The van der Waals surface area contributed by atoms with E-state index in [0.29, 0.717) is 23.2 Å². The van der Waals surface area contributed by atoms with Crippen LogP contribution in [-0.2, 0) is 0 Å². The molecule has 0 saturated heterocycles. The Hall–Kier alpha value is -1.37. The second kappa shape index (κ2) is 4.87. The molecule has 0 atom stereocenters. The first-order valence-corrected chi connectivity index (χ1v) is 5.81. The molecule has 1 aliphatic rings. The van der Waals surface area contributed by atoms with Crippen LogP contribution in [0.1, 0.15) is 12.8 Å². The van der Waals surface area contributed by atoms with E-state index in [9.17, 15) is 9.18 Å². The van der Waals surface area contributed by atoms with Crippen LogP contribution in [0.4, 0.5) is 9.18 Å². The van der Waals surface area contributed by atoms with Crippen molar-refractivity contribution in [2.45, 2.75) is 25.0 Å². The number of amides is 1. The number of carbonyl (C=O) groups is 1. The van der Waals surface area contributed by atoms with Crippen molar-refractivity contribution in [2.24, 2.45) is 0 Å². The number of ether oxygens (including phenoxy) is 1. The Balaban J connectivity index is 1.85. The van der Waals surface area contributed by atoms with Crippen LogP contribution in [0.25, 0.3) is 0 Å². The minimum Gasteiger partial charge on any atom is -0.473 e. The maximum Gasteiger partial charge on any atom is 0.404 e. The van der Waals surface area contributed by atoms with Crippen LogP contribution in [0.3, 0.4) is 0 Å². The number of nitrogens with zero attached hydrogens (tertiary/aromatic N) is 1. The molecule has 1 fully saturated rings. The second-order valence-corrected chi connectivity index (χ2v) is 4.65. The van der Waals surface area contributed by atoms with Crippen molar-refractivity contribution in [3.8, 4) is 5.88 Å². The number of nitrogens with one attached hydrogen (secondary N) is 1. The lowest BCUT2D eigenvalue weighted by molar-refractivity contribution is 0.0784. The van der Waals surface area contributed by atoms with Crippen molar-refractivity contribution >= 4 is 22.0 Å². The van der Waals surface area contributed by atoms with Crippen LogP contribution in [0.2, 0.25) is 0 Å². The molecular formula is C10H10BrFN2O3. The topological polar surface area (TPSA) is 71.5 Å². The van der Waals surface area contributed by atoms with Crippen molar-refractivity contribution in [3.63, 3.8) is 0 Å². The van der Waals surface area contributed by atoms with Gasteiger partial charge in [0, 0.05) is 18.9 Å². The Morgan fingerprint density at radius 1 is 1.65 bits per heavy atom. The van der Waals surface area contributed by atoms with Crippen LogP contribution in [0.15, 0.2) is 16.7 Å². The van der Waals surface area contributed by atoms with Crippen LogP contribution < -0.4 is 10.1 Å². The third-order valence-electron chi connectivity index (χ3n) is 2.47. The first-order chi connectivity index (χ1) is 8.04. The summed E-state index contributed by atoms with van der Waals surface area (Å²) < 4.78 is 18.7. The largest absolute Gasteiger partial charge is 0.473 e. The quantitative estimate of drug-likeness (QED) is 0.897. The number of halogens is 2. The summed E-state index contributed by atoms with van der Waals surface area (Å²) in [7, 11) is 0. The van der Waals surface area contributed by atoms with Gasteiger partial charge in [-0.1, -0.05) is 0 Å². The van der Waals surface area contributed by atoms with Gasteiger partial charge in [-0.25, -0.2) is 14.2 Å². The van der Waals surface area contributed by atoms with Gasteiger partial charge < -0.3 is 15.2 Å². The molecule has 0 aromatic carbocycles. The third kappa shape index (κ3) is 3.06. The minimum absolute atomic E-state index is 0.0725. The molecule has 1 aliphatic carbocycles. The summed E-state index contributed by atoms with van der Waals surface area (Å²) in [5.74, 6) is -0.117. The molecule has 2 rings (SSSR count). The Bertz CT molecular complexity index is 438. The molecule has 92 valence electrons. The molecule has 1 saturated carbocycles. The van der Waals surface area contributed by atoms with Crippen LogP contribution in [0, 0.1) is 5.82 Å². The van der Waals surface area contributed by atoms with Gasteiger partial charge in [0.05, 0.1) is 10.7 Å². The molecule has 5 nitrogen and oxygen atoms in total. The van der Waals surface area contributed by atoms with Gasteiger partial charge in [0.25, 0.3) is 0 Å². The molecule has 0 aliphatic heterocycles. The summed E-state index contributed by atoms with van der Waals surface area (Å²) in [6, 6.07) is 1.20. The molecule has 1 amide bonds. The SMILES string of the molecule is O=C(O)NC1CC(Oc2ncc(F)cc2Br)C1. The summed E-state index contributed by atoms with van der Waals surface area (Å²) in [5.41, 5.74) is 0. The highest BCUT2D eigenvalue weighted by Gasteiger charge is 2.32. The normalized spacial score (nSPS) is 22.7. The molecule has 0 radical (unpaired) electrons. The number of pyridine rings is 1. The average Bonchev–Trinajstić information content (AvgIpc) is 2.17. The number of rotatable bonds is 3. The van der Waals surface area contributed by atoms with Crippen molar-refractivity contribution in [1.82, 2.24) is 10.3 Å². The molecule has 1 aromatic heterocycles. The van der Waals surface area contributed by atoms with Gasteiger partial charge in [0.2, 0.25) is 5.88 Å². The van der Waals surface area contributed by atoms with E-state index in [0.717, 1.165) is 6.20 Å². The number of carboxylic acid groups (broad SMARTS) is 1. The fourth-order valence-electron chi connectivity index (χ4n) is 1.60. The summed E-state index contributed by atoms with van der Waals surface area (Å²) in [4.78, 5) is 14.2. The van der Waals surface area contributed by atoms with Crippen molar-refractivity contribution < 1.29 is 19.0 Å².